The van der Waals surface area contributed by atoms with Crippen LogP contribution in [0.15, 0.2) is 40.6 Å². The molecule has 2 rings (SSSR count). The lowest BCUT2D eigenvalue weighted by Crippen LogP contribution is -2.60. The molecule has 1 fully saturated rings. The third-order valence-electron chi connectivity index (χ3n) is 17.5. The first-order chi connectivity index (χ1) is 51.9. The first-order valence-corrected chi connectivity index (χ1v) is 38.9. The van der Waals surface area contributed by atoms with Crippen LogP contribution in [-0.4, -0.2) is 279 Å². The number of hydrogen-bond acceptors (Lipinski definition) is 26. The van der Waals surface area contributed by atoms with Crippen LogP contribution in [0.5, 0.6) is 0 Å². The number of hydrogen-bond donors (Lipinski definition) is 22. The van der Waals surface area contributed by atoms with Crippen molar-refractivity contribution in [3.05, 3.63) is 35.9 Å². The molecule has 7 atom stereocenters. The van der Waals surface area contributed by atoms with E-state index in [9.17, 15) is 73.1 Å². The van der Waals surface area contributed by atoms with Crippen LogP contribution in [-0.2, 0) is 78.2 Å². The Kier molecular flexibility index (Phi) is 49.2. The maximum atomic E-state index is 14.5. The average molecular weight is 1600 g/mol. The molecule has 1 saturated heterocycles. The highest BCUT2D eigenvalue weighted by Gasteiger charge is 2.35. The predicted octanol–water partition coefficient (Wildman–Crippen LogP) is -2.74. The molecule has 0 radical (unpaired) electrons. The van der Waals surface area contributed by atoms with Gasteiger partial charge in [0.25, 0.3) is 0 Å². The second-order valence-electron chi connectivity index (χ2n) is 26.9. The number of thioether (sulfide) groups is 1. The summed E-state index contributed by atoms with van der Waals surface area (Å²) in [6.07, 6.45) is 1.68. The minimum atomic E-state index is -1.85. The topological polar surface area (TPSA) is 548 Å². The van der Waals surface area contributed by atoms with E-state index < -0.39 is 143 Å². The molecule has 1 aliphatic heterocycles. The molecule has 1 heterocycles. The number of ether oxygens (including phenoxy) is 3. The van der Waals surface area contributed by atoms with Crippen molar-refractivity contribution in [3.8, 4) is 0 Å². The largest absolute Gasteiger partial charge is 0.481 e. The van der Waals surface area contributed by atoms with Gasteiger partial charge in [0, 0.05) is 69.2 Å². The number of carbonyl (C=O) groups is 12. The quantitative estimate of drug-likeness (QED) is 0.00787. The number of guanidine groups is 1. The molecule has 0 aromatic heterocycles. The van der Waals surface area contributed by atoms with E-state index in [0.717, 1.165) is 24.6 Å². The Morgan fingerprint density at radius 2 is 1.06 bits per heavy atom. The first-order valence-electron chi connectivity index (χ1n) is 36.5. The predicted molar refractivity (Wildman–Crippen MR) is 418 cm³/mol. The zero-order valence-corrected chi connectivity index (χ0v) is 66.3. The van der Waals surface area contributed by atoms with Gasteiger partial charge in [0.05, 0.1) is 80.9 Å². The van der Waals surface area contributed by atoms with Crippen molar-refractivity contribution in [2.75, 3.05) is 122 Å². The van der Waals surface area contributed by atoms with Crippen LogP contribution < -0.4 is 85.5 Å². The number of unbranched alkanes of at least 4 members (excludes halogenated alkanes) is 1. The van der Waals surface area contributed by atoms with Crippen molar-refractivity contribution < 1.29 is 87.3 Å². The lowest BCUT2D eigenvalue weighted by Gasteiger charge is -2.28. The molecule has 1 aromatic rings. The molecular weight excluding hydrogens is 1480 g/mol. The van der Waals surface area contributed by atoms with Crippen molar-refractivity contribution in [1.82, 2.24) is 79.8 Å². The standard InChI is InChI=1S/C69H119N19O18S3/c1-44(87-102)68(3,4)78-27-22-46(23-28-79-69(5,6)45(2)88-103)21-26-74-56(90)20-13-19-55(89)73-24-12-11-17-49-62(97)84-52(40-107)65(100)82-48(18-14-25-76-67(70)71)60(95)77-39-57(91)81-51(38-59(93)94)64(99)85-53(41-108)66(101)83-50(37-47-15-9-8-10-16-47)63(98)86-54(42-109-43-58(92)80-49)61(96)75-30-32-105-34-36-106-35-33-104-31-29-72-7/h8-10,15-16,46,48-54,72,78-79,102-103,107-108H,11-14,17-43H2,1-7H3,(H,73,89)(H,74,90)(H,75,96)(H,77,95)(H,80,92)(H,81,91)(H,82,100)(H,83,101)(H,84,97)(H,85,99)(H,86,98)(H,93,94)(H4,70,71,76)/b87-44-,88-45-/t48-,49-,50-,51-,52-,53-,54-/m0/s1. The lowest BCUT2D eigenvalue weighted by molar-refractivity contribution is -0.141. The number of aliphatic carboxylic acids is 1. The van der Waals surface area contributed by atoms with E-state index in [1.54, 1.807) is 51.2 Å². The Labute approximate surface area is 652 Å². The summed E-state index contributed by atoms with van der Waals surface area (Å²) in [5.74, 6) is -12.2. The maximum absolute atomic E-state index is 14.5. The molecule has 616 valence electrons. The van der Waals surface area contributed by atoms with Gasteiger partial charge in [0.15, 0.2) is 5.96 Å². The molecular formula is C69H119N19O18S3. The molecule has 109 heavy (non-hydrogen) atoms. The number of carboxylic acids is 1. The summed E-state index contributed by atoms with van der Waals surface area (Å²) in [5.41, 5.74) is 5.94. The summed E-state index contributed by atoms with van der Waals surface area (Å²) >= 11 is 9.45. The molecule has 1 aromatic carbocycles. The highest BCUT2D eigenvalue weighted by atomic mass is 32.2. The van der Waals surface area contributed by atoms with Crippen LogP contribution in [0.2, 0.25) is 0 Å². The van der Waals surface area contributed by atoms with Crippen LogP contribution in [0.25, 0.3) is 0 Å². The number of nitrogens with zero attached hydrogens (tertiary/aromatic N) is 2. The van der Waals surface area contributed by atoms with Crippen LogP contribution in [0, 0.1) is 11.3 Å². The van der Waals surface area contributed by atoms with Gasteiger partial charge >= 0.3 is 5.97 Å². The summed E-state index contributed by atoms with van der Waals surface area (Å²) in [6, 6.07) is -2.16. The molecule has 21 N–H and O–H groups in total. The second-order valence-corrected chi connectivity index (χ2v) is 28.7. The normalized spacial score (nSPS) is 19.7. The van der Waals surface area contributed by atoms with Gasteiger partial charge in [-0.25, -0.2) is 0 Å². The number of oxime groups is 2. The van der Waals surface area contributed by atoms with Crippen molar-refractivity contribution in [2.45, 2.75) is 178 Å². The van der Waals surface area contributed by atoms with Crippen molar-refractivity contribution in [3.63, 3.8) is 0 Å². The number of likely N-dealkylation sites (N-methyl/N-ethyl adjacent to an activating group) is 1. The molecule has 11 amide bonds. The molecule has 0 spiro atoms. The number of rotatable bonds is 45. The van der Waals surface area contributed by atoms with E-state index in [-0.39, 0.29) is 126 Å². The van der Waals surface area contributed by atoms with E-state index in [1.807, 2.05) is 27.7 Å². The molecule has 0 saturated carbocycles. The summed E-state index contributed by atoms with van der Waals surface area (Å²) in [5, 5.41) is 83.6. The molecule has 40 heteroatoms. The first kappa shape index (κ1) is 97.0. The zero-order valence-electron chi connectivity index (χ0n) is 63.7. The average Bonchev–Trinajstić information content (AvgIpc) is 0.952. The smallest absolute Gasteiger partial charge is 0.305 e. The van der Waals surface area contributed by atoms with Gasteiger partial charge in [-0.05, 0) is 131 Å². The van der Waals surface area contributed by atoms with Crippen molar-refractivity contribution in [1.29, 1.82) is 5.41 Å². The minimum Gasteiger partial charge on any atom is -0.481 e. The van der Waals surface area contributed by atoms with Gasteiger partial charge in [0.2, 0.25) is 65.0 Å². The molecule has 0 aliphatic carbocycles. The fourth-order valence-corrected chi connectivity index (χ4v) is 11.8. The number of nitrogens with two attached hydrogens (primary N) is 1. The number of nitrogens with one attached hydrogen (secondary N) is 16. The summed E-state index contributed by atoms with van der Waals surface area (Å²) in [7, 11) is 1.81. The Balaban J connectivity index is 2.45. The minimum absolute atomic E-state index is 0.0162. The number of thiol groups is 2. The summed E-state index contributed by atoms with van der Waals surface area (Å²) in [6.45, 7) is 14.2. The third kappa shape index (κ3) is 42.6. The third-order valence-corrected chi connectivity index (χ3v) is 19.2. The van der Waals surface area contributed by atoms with Gasteiger partial charge in [-0.2, -0.15) is 25.3 Å². The van der Waals surface area contributed by atoms with E-state index >= 15 is 0 Å². The fourth-order valence-electron chi connectivity index (χ4n) is 10.4. The number of carboxylic acid groups (broad SMARTS) is 1. The Morgan fingerprint density at radius 1 is 0.578 bits per heavy atom. The highest BCUT2D eigenvalue weighted by molar-refractivity contribution is 8.00. The van der Waals surface area contributed by atoms with Crippen LogP contribution in [0.3, 0.4) is 0 Å². The van der Waals surface area contributed by atoms with E-state index in [0.29, 0.717) is 69.4 Å². The van der Waals surface area contributed by atoms with Crippen LogP contribution in [0.1, 0.15) is 124 Å². The highest BCUT2D eigenvalue weighted by Crippen LogP contribution is 2.17. The summed E-state index contributed by atoms with van der Waals surface area (Å²) < 4.78 is 16.6. The molecule has 37 nitrogen and oxygen atoms in total. The molecule has 0 unspecified atom stereocenters. The SMILES string of the molecule is CNCCOCCOCCOCCNC(=O)[C@@H]1CSCC(=O)N[C@@H](CCCCNC(=O)CCCC(=O)NCCC(CCNC(C)(C)/C(C)=N\O)CCNC(C)(C)/C(C)=N\O)C(=O)N[C@@H](CS)C(=O)N[C@@H](CCCNC(=N)N)C(=O)NCC(=O)N[C@@H](CC(=O)O)C(=O)N[C@@H](CS)C(=O)N[C@@H](Cc2ccccc2)C(=O)N1. The van der Waals surface area contributed by atoms with Crippen LogP contribution >= 0.6 is 37.0 Å². The van der Waals surface area contributed by atoms with Gasteiger partial charge in [-0.3, -0.25) is 62.9 Å². The van der Waals surface area contributed by atoms with Crippen molar-refractivity contribution in [2.24, 2.45) is 22.0 Å². The number of amides is 11. The van der Waals surface area contributed by atoms with E-state index in [2.05, 4.69) is 115 Å². The Hall–Kier alpha value is -8.12. The zero-order chi connectivity index (χ0) is 81.2. The van der Waals surface area contributed by atoms with Gasteiger partial charge < -0.3 is 115 Å². The van der Waals surface area contributed by atoms with Crippen LogP contribution in [0.4, 0.5) is 0 Å². The lowest BCUT2D eigenvalue weighted by atomic mass is 9.94. The fraction of sp³-hybridized carbons (Fsp3) is 0.696. The molecule has 0 bridgehead atoms. The van der Waals surface area contributed by atoms with Gasteiger partial charge in [-0.1, -0.05) is 40.6 Å². The summed E-state index contributed by atoms with van der Waals surface area (Å²) in [4.78, 5) is 165. The second kappa shape index (κ2) is 55.3. The van der Waals surface area contributed by atoms with Gasteiger partial charge in [-0.15, -0.1) is 11.8 Å². The van der Waals surface area contributed by atoms with E-state index in [4.69, 9.17) is 25.4 Å². The maximum Gasteiger partial charge on any atom is 0.305 e. The van der Waals surface area contributed by atoms with Gasteiger partial charge in [0.1, 0.15) is 42.3 Å². The Bertz CT molecular complexity index is 3050. The monoisotopic (exact) mass is 1600 g/mol. The Morgan fingerprint density at radius 3 is 1.61 bits per heavy atom. The molecule has 1 aliphatic rings. The number of carbonyl (C=O) groups excluding carboxylic acids is 11. The number of benzene rings is 1. The van der Waals surface area contributed by atoms with E-state index in [1.165, 1.54) is 0 Å². The van der Waals surface area contributed by atoms with Crippen molar-refractivity contribution >= 4 is 125 Å².